The Morgan fingerprint density at radius 3 is 2.28 bits per heavy atom. The summed E-state index contributed by atoms with van der Waals surface area (Å²) >= 11 is 4.03. The van der Waals surface area contributed by atoms with Crippen LogP contribution in [0.3, 0.4) is 0 Å². The zero-order chi connectivity index (χ0) is 28.5. The second-order valence-electron chi connectivity index (χ2n) is 9.78. The number of aromatic amines is 2. The molecule has 39 heavy (non-hydrogen) atoms. The number of benzene rings is 1. The predicted octanol–water partition coefficient (Wildman–Crippen LogP) is 0.518. The monoisotopic (exact) mass is 557 g/mol. The lowest BCUT2D eigenvalue weighted by Gasteiger charge is -2.26. The van der Waals surface area contributed by atoms with E-state index in [2.05, 4.69) is 43.5 Å². The van der Waals surface area contributed by atoms with Crippen molar-refractivity contribution in [2.24, 2.45) is 11.7 Å². The molecule has 3 amide bonds. The summed E-state index contributed by atoms with van der Waals surface area (Å²) in [4.78, 5) is 61.1. The van der Waals surface area contributed by atoms with Gasteiger partial charge in [-0.3, -0.25) is 14.4 Å². The molecule has 4 unspecified atom stereocenters. The lowest BCUT2D eigenvalue weighted by atomic mass is 10.0. The summed E-state index contributed by atoms with van der Waals surface area (Å²) in [6.07, 6.45) is 5.06. The SMILES string of the molecule is CC(C)CC(NC(=O)C(Cc1cnc[nH]1)NC(=O)C(N)CS)C(=O)NC(Cc1c[nH]c2ccccc12)C(=O)O. The number of hydrogen-bond acceptors (Lipinski definition) is 7. The van der Waals surface area contributed by atoms with E-state index in [4.69, 9.17) is 5.73 Å². The maximum atomic E-state index is 13.3. The maximum Gasteiger partial charge on any atom is 0.326 e. The number of carboxylic acid groups (broad SMARTS) is 1. The van der Waals surface area contributed by atoms with Crippen molar-refractivity contribution in [3.63, 3.8) is 0 Å². The van der Waals surface area contributed by atoms with Crippen molar-refractivity contribution in [2.75, 3.05) is 5.75 Å². The Bertz CT molecular complexity index is 1280. The lowest BCUT2D eigenvalue weighted by Crippen LogP contribution is -2.58. The zero-order valence-electron chi connectivity index (χ0n) is 21.8. The van der Waals surface area contributed by atoms with E-state index in [1.807, 2.05) is 38.1 Å². The Morgan fingerprint density at radius 1 is 0.974 bits per heavy atom. The molecule has 210 valence electrons. The molecular weight excluding hydrogens is 522 g/mol. The molecule has 0 bridgehead atoms. The molecule has 2 aromatic heterocycles. The van der Waals surface area contributed by atoms with Gasteiger partial charge in [0.05, 0.1) is 12.4 Å². The summed E-state index contributed by atoms with van der Waals surface area (Å²) in [5.41, 5.74) is 7.95. The molecule has 13 heteroatoms. The van der Waals surface area contributed by atoms with E-state index in [1.165, 1.54) is 12.5 Å². The quantitative estimate of drug-likeness (QED) is 0.132. The molecular formula is C26H35N7O5S. The van der Waals surface area contributed by atoms with E-state index in [0.717, 1.165) is 16.5 Å². The summed E-state index contributed by atoms with van der Waals surface area (Å²) in [5.74, 6) is -2.95. The number of imidazole rings is 1. The van der Waals surface area contributed by atoms with Crippen LogP contribution < -0.4 is 21.7 Å². The molecule has 0 fully saturated rings. The number of carbonyl (C=O) groups is 4. The Hall–Kier alpha value is -3.84. The first-order valence-electron chi connectivity index (χ1n) is 12.6. The minimum atomic E-state index is -1.22. The van der Waals surface area contributed by atoms with E-state index in [-0.39, 0.29) is 30.9 Å². The largest absolute Gasteiger partial charge is 0.480 e. The van der Waals surface area contributed by atoms with Gasteiger partial charge in [0.1, 0.15) is 18.1 Å². The van der Waals surface area contributed by atoms with E-state index < -0.39 is 47.9 Å². The number of nitrogens with two attached hydrogens (primary N) is 1. The van der Waals surface area contributed by atoms with Gasteiger partial charge in [-0.05, 0) is 24.0 Å². The van der Waals surface area contributed by atoms with Gasteiger partial charge < -0.3 is 36.8 Å². The Morgan fingerprint density at radius 2 is 1.64 bits per heavy atom. The van der Waals surface area contributed by atoms with Gasteiger partial charge >= 0.3 is 5.97 Å². The average Bonchev–Trinajstić information content (AvgIpc) is 3.56. The molecule has 0 aliphatic heterocycles. The van der Waals surface area contributed by atoms with Crippen LogP contribution in [0.15, 0.2) is 43.0 Å². The van der Waals surface area contributed by atoms with Crippen molar-refractivity contribution in [3.05, 3.63) is 54.2 Å². The Labute approximate surface area is 231 Å². The van der Waals surface area contributed by atoms with E-state index >= 15 is 0 Å². The minimum absolute atomic E-state index is 0.00352. The van der Waals surface area contributed by atoms with Crippen LogP contribution in [-0.2, 0) is 32.0 Å². The van der Waals surface area contributed by atoms with Crippen molar-refractivity contribution in [1.82, 2.24) is 30.9 Å². The molecule has 1 aromatic carbocycles. The first-order chi connectivity index (χ1) is 18.6. The molecule has 2 heterocycles. The fourth-order valence-electron chi connectivity index (χ4n) is 4.16. The van der Waals surface area contributed by atoms with E-state index in [1.54, 1.807) is 6.20 Å². The molecule has 0 saturated carbocycles. The van der Waals surface area contributed by atoms with Gasteiger partial charge in [-0.2, -0.15) is 12.6 Å². The van der Waals surface area contributed by atoms with Gasteiger partial charge in [-0.25, -0.2) is 9.78 Å². The third-order valence-electron chi connectivity index (χ3n) is 6.20. The molecule has 0 spiro atoms. The number of aliphatic carboxylic acids is 1. The average molecular weight is 558 g/mol. The molecule has 0 radical (unpaired) electrons. The van der Waals surface area contributed by atoms with Gasteiger partial charge in [0.25, 0.3) is 0 Å². The van der Waals surface area contributed by atoms with Crippen LogP contribution in [0.5, 0.6) is 0 Å². The van der Waals surface area contributed by atoms with Gasteiger partial charge in [0, 0.05) is 47.6 Å². The first-order valence-corrected chi connectivity index (χ1v) is 13.2. The molecule has 3 rings (SSSR count). The highest BCUT2D eigenvalue weighted by Gasteiger charge is 2.31. The highest BCUT2D eigenvalue weighted by Crippen LogP contribution is 2.19. The minimum Gasteiger partial charge on any atom is -0.480 e. The number of carbonyl (C=O) groups excluding carboxylic acids is 3. The molecule has 12 nitrogen and oxygen atoms in total. The van der Waals surface area contributed by atoms with Crippen molar-refractivity contribution < 1.29 is 24.3 Å². The number of nitrogens with zero attached hydrogens (tertiary/aromatic N) is 1. The van der Waals surface area contributed by atoms with Gasteiger partial charge in [-0.1, -0.05) is 32.0 Å². The second-order valence-corrected chi connectivity index (χ2v) is 10.2. The van der Waals surface area contributed by atoms with E-state index in [9.17, 15) is 24.3 Å². The van der Waals surface area contributed by atoms with Gasteiger partial charge in [0.15, 0.2) is 0 Å². The van der Waals surface area contributed by atoms with Crippen molar-refractivity contribution in [1.29, 1.82) is 0 Å². The van der Waals surface area contributed by atoms with Gasteiger partial charge in [-0.15, -0.1) is 0 Å². The first kappa shape index (κ1) is 29.7. The van der Waals surface area contributed by atoms with Crippen molar-refractivity contribution >= 4 is 47.2 Å². The molecule has 3 aromatic rings. The molecule has 0 saturated heterocycles. The fraction of sp³-hybridized carbons (Fsp3) is 0.423. The number of hydrogen-bond donors (Lipinski definition) is 8. The molecule has 0 aliphatic carbocycles. The van der Waals surface area contributed by atoms with Crippen molar-refractivity contribution in [2.45, 2.75) is 57.3 Å². The Kier molecular flexibility index (Phi) is 10.5. The summed E-state index contributed by atoms with van der Waals surface area (Å²) in [6, 6.07) is 3.21. The number of para-hydroxylation sites is 1. The van der Waals surface area contributed by atoms with Crippen LogP contribution in [-0.4, -0.2) is 73.7 Å². The maximum absolute atomic E-state index is 13.3. The molecule has 8 N–H and O–H groups in total. The van der Waals surface area contributed by atoms with Crippen LogP contribution in [0.25, 0.3) is 10.9 Å². The Balaban J connectivity index is 1.76. The summed E-state index contributed by atoms with van der Waals surface area (Å²) in [5, 5.41) is 18.6. The zero-order valence-corrected chi connectivity index (χ0v) is 22.7. The molecule has 0 aliphatic rings. The number of nitrogens with one attached hydrogen (secondary N) is 5. The van der Waals surface area contributed by atoms with Crippen LogP contribution in [0, 0.1) is 5.92 Å². The number of amides is 3. The highest BCUT2D eigenvalue weighted by atomic mass is 32.1. The number of rotatable bonds is 14. The smallest absolute Gasteiger partial charge is 0.326 e. The normalized spacial score (nSPS) is 14.4. The standard InChI is InChI=1S/C26H35N7O5S/c1-14(2)7-20(32-25(36)21(9-16-11-28-13-30-16)31-23(34)18(27)12-39)24(35)33-22(26(37)38)8-15-10-29-19-6-4-3-5-17(15)19/h3-6,10-11,13-14,18,20-22,29,39H,7-9,12,27H2,1-2H3,(H,28,30)(H,31,34)(H,32,36)(H,33,35)(H,37,38). The molecule has 4 atom stereocenters. The number of carboxylic acids is 1. The number of fused-ring (bicyclic) bond motifs is 1. The third-order valence-corrected chi connectivity index (χ3v) is 6.59. The van der Waals surface area contributed by atoms with Crippen LogP contribution in [0.4, 0.5) is 0 Å². The van der Waals surface area contributed by atoms with Crippen LogP contribution >= 0.6 is 12.6 Å². The number of H-pyrrole nitrogens is 2. The second kappa shape index (κ2) is 13.8. The predicted molar refractivity (Wildman–Crippen MR) is 149 cm³/mol. The van der Waals surface area contributed by atoms with Crippen LogP contribution in [0.2, 0.25) is 0 Å². The van der Waals surface area contributed by atoms with E-state index in [0.29, 0.717) is 5.69 Å². The fourth-order valence-corrected chi connectivity index (χ4v) is 4.32. The summed E-state index contributed by atoms with van der Waals surface area (Å²) in [7, 11) is 0. The van der Waals surface area contributed by atoms with Crippen molar-refractivity contribution in [3.8, 4) is 0 Å². The number of thiol groups is 1. The summed E-state index contributed by atoms with van der Waals surface area (Å²) in [6.45, 7) is 3.76. The topological polar surface area (TPSA) is 195 Å². The summed E-state index contributed by atoms with van der Waals surface area (Å²) < 4.78 is 0. The van der Waals surface area contributed by atoms with Gasteiger partial charge in [0.2, 0.25) is 17.7 Å². The highest BCUT2D eigenvalue weighted by molar-refractivity contribution is 7.80. The van der Waals surface area contributed by atoms with Crippen LogP contribution in [0.1, 0.15) is 31.5 Å². The number of aromatic nitrogens is 3. The third kappa shape index (κ3) is 8.32. The lowest BCUT2D eigenvalue weighted by molar-refractivity contribution is -0.142.